The molecule has 0 aliphatic rings. The highest BCUT2D eigenvalue weighted by atomic mass is 32.1. The number of benzene rings is 3. The second kappa shape index (κ2) is 5.95. The first kappa shape index (κ1) is 14.7. The van der Waals surface area contributed by atoms with Crippen molar-refractivity contribution in [2.75, 3.05) is 0 Å². The van der Waals surface area contributed by atoms with Crippen LogP contribution in [0, 0.1) is 0 Å². The summed E-state index contributed by atoms with van der Waals surface area (Å²) in [5, 5.41) is 11.0. The van der Waals surface area contributed by atoms with Crippen LogP contribution in [0.4, 0.5) is 0 Å². The van der Waals surface area contributed by atoms with Crippen molar-refractivity contribution in [2.24, 2.45) is 0 Å². The quantitative estimate of drug-likeness (QED) is 0.505. The van der Waals surface area contributed by atoms with Gasteiger partial charge in [0.15, 0.2) is 0 Å². The summed E-state index contributed by atoms with van der Waals surface area (Å²) in [7, 11) is 0. The van der Waals surface area contributed by atoms with Crippen molar-refractivity contribution in [2.45, 2.75) is 0 Å². The number of carboxylic acids is 1. The van der Waals surface area contributed by atoms with Crippen LogP contribution < -0.4 is 0 Å². The fraction of sp³-hybridized carbons (Fsp3) is 0. The third-order valence-corrected chi connectivity index (χ3v) is 5.20. The minimum absolute atomic E-state index is 0.357. The Morgan fingerprint density at radius 1 is 0.792 bits per heavy atom. The van der Waals surface area contributed by atoms with Gasteiger partial charge in [0.1, 0.15) is 0 Å². The van der Waals surface area contributed by atoms with Crippen LogP contribution in [-0.4, -0.2) is 11.1 Å². The van der Waals surface area contributed by atoms with Crippen LogP contribution in [0.3, 0.4) is 0 Å². The molecule has 0 unspecified atom stereocenters. The molecular formula is C21H14O2S. The van der Waals surface area contributed by atoms with E-state index in [1.54, 1.807) is 11.3 Å². The molecule has 0 fully saturated rings. The molecule has 0 amide bonds. The topological polar surface area (TPSA) is 37.3 Å². The summed E-state index contributed by atoms with van der Waals surface area (Å²) in [6.45, 7) is 0. The zero-order valence-electron chi connectivity index (χ0n) is 12.8. The Balaban J connectivity index is 1.97. The standard InChI is InChI=1S/C21H14O2S/c22-21(23)20-16(14-7-2-1-3-8-14)10-6-11-17(20)19-13-15-9-4-5-12-18(15)24-19/h1-13H,(H,22,23). The van der Waals surface area contributed by atoms with Gasteiger partial charge in [0, 0.05) is 15.1 Å². The van der Waals surface area contributed by atoms with E-state index in [1.165, 1.54) is 0 Å². The Morgan fingerprint density at radius 3 is 2.25 bits per heavy atom. The molecule has 1 N–H and O–H groups in total. The third-order valence-electron chi connectivity index (χ3n) is 4.05. The molecule has 1 heterocycles. The fourth-order valence-corrected chi connectivity index (χ4v) is 4.06. The summed E-state index contributed by atoms with van der Waals surface area (Å²) in [5.74, 6) is -0.901. The molecule has 0 spiro atoms. The minimum Gasteiger partial charge on any atom is -0.478 e. The summed E-state index contributed by atoms with van der Waals surface area (Å²) >= 11 is 1.62. The smallest absolute Gasteiger partial charge is 0.336 e. The molecule has 0 saturated heterocycles. The lowest BCUT2D eigenvalue weighted by atomic mass is 9.94. The molecule has 0 radical (unpaired) electrons. The first-order valence-electron chi connectivity index (χ1n) is 7.65. The second-order valence-electron chi connectivity index (χ2n) is 5.55. The molecule has 3 heteroatoms. The van der Waals surface area contributed by atoms with Gasteiger partial charge in [-0.05, 0) is 28.6 Å². The average molecular weight is 330 g/mol. The van der Waals surface area contributed by atoms with Crippen LogP contribution in [0.25, 0.3) is 31.7 Å². The minimum atomic E-state index is -0.901. The maximum atomic E-state index is 12.0. The maximum Gasteiger partial charge on any atom is 0.336 e. The molecule has 0 atom stereocenters. The Hall–Kier alpha value is -2.91. The fourth-order valence-electron chi connectivity index (χ4n) is 2.96. The molecule has 2 nitrogen and oxygen atoms in total. The number of rotatable bonds is 3. The zero-order chi connectivity index (χ0) is 16.5. The molecule has 3 aromatic carbocycles. The lowest BCUT2D eigenvalue weighted by Crippen LogP contribution is -2.02. The number of thiophene rings is 1. The molecule has 0 aliphatic carbocycles. The average Bonchev–Trinajstić information content (AvgIpc) is 3.06. The second-order valence-corrected chi connectivity index (χ2v) is 6.63. The number of aromatic carboxylic acids is 1. The van der Waals surface area contributed by atoms with Crippen molar-refractivity contribution < 1.29 is 9.90 Å². The van der Waals surface area contributed by atoms with Gasteiger partial charge >= 0.3 is 5.97 Å². The van der Waals surface area contributed by atoms with Gasteiger partial charge in [-0.3, -0.25) is 0 Å². The summed E-state index contributed by atoms with van der Waals surface area (Å²) in [4.78, 5) is 13.0. The molecule has 1 aromatic heterocycles. The molecule has 116 valence electrons. The molecule has 24 heavy (non-hydrogen) atoms. The van der Waals surface area contributed by atoms with Crippen LogP contribution in [0.15, 0.2) is 78.9 Å². The van der Waals surface area contributed by atoms with E-state index in [9.17, 15) is 9.90 Å². The van der Waals surface area contributed by atoms with E-state index < -0.39 is 5.97 Å². The molecule has 0 bridgehead atoms. The van der Waals surface area contributed by atoms with Crippen LogP contribution in [-0.2, 0) is 0 Å². The van der Waals surface area contributed by atoms with Crippen LogP contribution in [0.1, 0.15) is 10.4 Å². The van der Waals surface area contributed by atoms with E-state index in [4.69, 9.17) is 0 Å². The normalized spacial score (nSPS) is 10.8. The summed E-state index contributed by atoms with van der Waals surface area (Å²) in [6.07, 6.45) is 0. The SMILES string of the molecule is O=C(O)c1c(-c2ccccc2)cccc1-c1cc2ccccc2s1. The monoisotopic (exact) mass is 330 g/mol. The Labute approximate surface area is 143 Å². The highest BCUT2D eigenvalue weighted by molar-refractivity contribution is 7.22. The first-order valence-corrected chi connectivity index (χ1v) is 8.46. The Morgan fingerprint density at radius 2 is 1.50 bits per heavy atom. The molecule has 4 rings (SSSR count). The van der Waals surface area contributed by atoms with Crippen molar-refractivity contribution in [1.29, 1.82) is 0 Å². The van der Waals surface area contributed by atoms with Gasteiger partial charge in [-0.15, -0.1) is 11.3 Å². The molecular weight excluding hydrogens is 316 g/mol. The van der Waals surface area contributed by atoms with Crippen LogP contribution in [0.5, 0.6) is 0 Å². The maximum absolute atomic E-state index is 12.0. The van der Waals surface area contributed by atoms with Gasteiger partial charge in [-0.1, -0.05) is 66.7 Å². The van der Waals surface area contributed by atoms with Crippen LogP contribution in [0.2, 0.25) is 0 Å². The first-order chi connectivity index (χ1) is 11.7. The van der Waals surface area contributed by atoms with E-state index in [-0.39, 0.29) is 0 Å². The van der Waals surface area contributed by atoms with Gasteiger partial charge < -0.3 is 5.11 Å². The number of carbonyl (C=O) groups is 1. The van der Waals surface area contributed by atoms with E-state index in [0.29, 0.717) is 5.56 Å². The number of hydrogen-bond donors (Lipinski definition) is 1. The van der Waals surface area contributed by atoms with Crippen molar-refractivity contribution in [1.82, 2.24) is 0 Å². The highest BCUT2D eigenvalue weighted by Gasteiger charge is 2.19. The predicted molar refractivity (Wildman–Crippen MR) is 99.7 cm³/mol. The molecule has 4 aromatic rings. The third kappa shape index (κ3) is 2.49. The lowest BCUT2D eigenvalue weighted by molar-refractivity contribution is 0.0698. The zero-order valence-corrected chi connectivity index (χ0v) is 13.6. The number of fused-ring (bicyclic) bond motifs is 1. The number of carboxylic acid groups (broad SMARTS) is 1. The number of hydrogen-bond acceptors (Lipinski definition) is 2. The largest absolute Gasteiger partial charge is 0.478 e. The van der Waals surface area contributed by atoms with Crippen LogP contribution >= 0.6 is 11.3 Å². The van der Waals surface area contributed by atoms with E-state index >= 15 is 0 Å². The Kier molecular flexibility index (Phi) is 3.63. The van der Waals surface area contributed by atoms with Crippen molar-refractivity contribution in [3.8, 4) is 21.6 Å². The van der Waals surface area contributed by atoms with Gasteiger partial charge in [0.05, 0.1) is 5.56 Å². The highest BCUT2D eigenvalue weighted by Crippen LogP contribution is 2.38. The van der Waals surface area contributed by atoms with Gasteiger partial charge in [-0.25, -0.2) is 4.79 Å². The van der Waals surface area contributed by atoms with Gasteiger partial charge in [0.2, 0.25) is 0 Å². The van der Waals surface area contributed by atoms with Crippen molar-refractivity contribution >= 4 is 27.4 Å². The lowest BCUT2D eigenvalue weighted by Gasteiger charge is -2.10. The van der Waals surface area contributed by atoms with Crippen molar-refractivity contribution in [3.05, 3.63) is 84.4 Å². The van der Waals surface area contributed by atoms with Gasteiger partial charge in [0.25, 0.3) is 0 Å². The summed E-state index contributed by atoms with van der Waals surface area (Å²) < 4.78 is 1.16. The van der Waals surface area contributed by atoms with E-state index in [2.05, 4.69) is 18.2 Å². The van der Waals surface area contributed by atoms with E-state index in [0.717, 1.165) is 31.7 Å². The van der Waals surface area contributed by atoms with Gasteiger partial charge in [-0.2, -0.15) is 0 Å². The van der Waals surface area contributed by atoms with Crippen molar-refractivity contribution in [3.63, 3.8) is 0 Å². The summed E-state index contributed by atoms with van der Waals surface area (Å²) in [6, 6.07) is 25.5. The van der Waals surface area contributed by atoms with E-state index in [1.807, 2.05) is 60.7 Å². The molecule has 0 aliphatic heterocycles. The summed E-state index contributed by atoms with van der Waals surface area (Å²) in [5.41, 5.74) is 2.79. The Bertz CT molecular complexity index is 999. The molecule has 0 saturated carbocycles. The predicted octanol–water partition coefficient (Wildman–Crippen LogP) is 5.93.